The fourth-order valence-electron chi connectivity index (χ4n) is 2.82. The van der Waals surface area contributed by atoms with E-state index in [1.165, 1.54) is 4.90 Å². The van der Waals surface area contributed by atoms with Crippen molar-refractivity contribution in [3.05, 3.63) is 41.0 Å². The van der Waals surface area contributed by atoms with Gasteiger partial charge in [-0.25, -0.2) is 0 Å². The fraction of sp³-hybridized carbons (Fsp3) is 0.579. The summed E-state index contributed by atoms with van der Waals surface area (Å²) < 4.78 is 5.39. The van der Waals surface area contributed by atoms with Crippen molar-refractivity contribution < 1.29 is 4.52 Å². The Morgan fingerprint density at radius 3 is 2.35 bits per heavy atom. The lowest BCUT2D eigenvalue weighted by molar-refractivity contribution is 0.129. The van der Waals surface area contributed by atoms with E-state index in [2.05, 4.69) is 52.8 Å². The SMILES string of the molecule is CC(C)(C)c1nc(CN2CCN(CCSc3ccc(Cl)cc3)CC2)no1. The van der Waals surface area contributed by atoms with Crippen LogP contribution in [0.15, 0.2) is 33.7 Å². The van der Waals surface area contributed by atoms with E-state index in [9.17, 15) is 0 Å². The summed E-state index contributed by atoms with van der Waals surface area (Å²) in [6.07, 6.45) is 0. The first-order chi connectivity index (χ1) is 12.4. The highest BCUT2D eigenvalue weighted by Crippen LogP contribution is 2.21. The van der Waals surface area contributed by atoms with Gasteiger partial charge in [0, 0.05) is 53.8 Å². The van der Waals surface area contributed by atoms with Crippen molar-refractivity contribution in [2.45, 2.75) is 37.6 Å². The Morgan fingerprint density at radius 2 is 1.73 bits per heavy atom. The van der Waals surface area contributed by atoms with Crippen LogP contribution in [0.1, 0.15) is 32.5 Å². The maximum Gasteiger partial charge on any atom is 0.232 e. The lowest BCUT2D eigenvalue weighted by Gasteiger charge is -2.33. The van der Waals surface area contributed by atoms with Gasteiger partial charge in [-0.05, 0) is 24.3 Å². The van der Waals surface area contributed by atoms with Gasteiger partial charge in [-0.3, -0.25) is 9.80 Å². The van der Waals surface area contributed by atoms with Crippen LogP contribution in [0.3, 0.4) is 0 Å². The summed E-state index contributed by atoms with van der Waals surface area (Å²) >= 11 is 7.81. The molecule has 0 N–H and O–H groups in total. The van der Waals surface area contributed by atoms with Crippen LogP contribution in [-0.4, -0.2) is 58.4 Å². The Morgan fingerprint density at radius 1 is 1.08 bits per heavy atom. The van der Waals surface area contributed by atoms with Crippen LogP contribution in [-0.2, 0) is 12.0 Å². The second-order valence-electron chi connectivity index (χ2n) is 7.69. The summed E-state index contributed by atoms with van der Waals surface area (Å²) in [6.45, 7) is 12.4. The molecule has 0 amide bonds. The number of hydrogen-bond acceptors (Lipinski definition) is 6. The smallest absolute Gasteiger partial charge is 0.232 e. The molecule has 1 saturated heterocycles. The van der Waals surface area contributed by atoms with E-state index < -0.39 is 0 Å². The van der Waals surface area contributed by atoms with Gasteiger partial charge in [0.1, 0.15) is 0 Å². The molecule has 0 spiro atoms. The molecule has 0 saturated carbocycles. The molecule has 1 aromatic heterocycles. The summed E-state index contributed by atoms with van der Waals surface area (Å²) in [5, 5.41) is 4.92. The van der Waals surface area contributed by atoms with Gasteiger partial charge in [-0.2, -0.15) is 4.98 Å². The molecule has 0 bridgehead atoms. The van der Waals surface area contributed by atoms with Gasteiger partial charge in [-0.15, -0.1) is 11.8 Å². The Balaban J connectivity index is 1.37. The maximum atomic E-state index is 5.93. The van der Waals surface area contributed by atoms with Gasteiger partial charge >= 0.3 is 0 Å². The Hall–Kier alpha value is -1.08. The van der Waals surface area contributed by atoms with Crippen LogP contribution in [0.4, 0.5) is 0 Å². The van der Waals surface area contributed by atoms with Gasteiger partial charge in [0.2, 0.25) is 5.89 Å². The molecule has 2 heterocycles. The first-order valence-electron chi connectivity index (χ1n) is 9.06. The van der Waals surface area contributed by atoms with E-state index in [4.69, 9.17) is 16.1 Å². The molecule has 0 atom stereocenters. The predicted octanol–water partition coefficient (Wildman–Crippen LogP) is 3.93. The number of thioether (sulfide) groups is 1. The summed E-state index contributed by atoms with van der Waals surface area (Å²) in [5.41, 5.74) is -0.0916. The van der Waals surface area contributed by atoms with Gasteiger partial charge in [0.05, 0.1) is 6.54 Å². The second-order valence-corrected chi connectivity index (χ2v) is 9.29. The Bertz CT molecular complexity index is 690. The average Bonchev–Trinajstić information content (AvgIpc) is 3.07. The molecule has 3 rings (SSSR count). The topological polar surface area (TPSA) is 45.4 Å². The Kier molecular flexibility index (Phi) is 6.61. The summed E-state index contributed by atoms with van der Waals surface area (Å²) in [7, 11) is 0. The molecule has 0 radical (unpaired) electrons. The van der Waals surface area contributed by atoms with E-state index >= 15 is 0 Å². The third-order valence-corrected chi connectivity index (χ3v) is 5.67. The van der Waals surface area contributed by atoms with Crippen molar-refractivity contribution in [2.24, 2.45) is 0 Å². The van der Waals surface area contributed by atoms with E-state index in [0.29, 0.717) is 5.89 Å². The molecule has 7 heteroatoms. The zero-order chi connectivity index (χ0) is 18.6. The number of aromatic nitrogens is 2. The highest BCUT2D eigenvalue weighted by molar-refractivity contribution is 7.99. The number of benzene rings is 1. The number of rotatable bonds is 6. The first kappa shape index (κ1) is 19.7. The molecule has 1 aliphatic rings. The zero-order valence-corrected chi connectivity index (χ0v) is 17.3. The standard InChI is InChI=1S/C19H27ClN4OS/c1-19(2,3)18-21-17(22-25-18)14-24-10-8-23(9-11-24)12-13-26-16-6-4-15(20)5-7-16/h4-7H,8-14H2,1-3H3. The van der Waals surface area contributed by atoms with Crippen LogP contribution in [0, 0.1) is 0 Å². The molecule has 5 nitrogen and oxygen atoms in total. The number of piperazine rings is 1. The van der Waals surface area contributed by atoms with E-state index in [1.807, 2.05) is 23.9 Å². The minimum absolute atomic E-state index is 0.0916. The summed E-state index contributed by atoms with van der Waals surface area (Å²) in [5.74, 6) is 2.61. The van der Waals surface area contributed by atoms with Crippen molar-refractivity contribution in [2.75, 3.05) is 38.5 Å². The largest absolute Gasteiger partial charge is 0.339 e. The number of halogens is 1. The molecular weight excluding hydrogens is 368 g/mol. The highest BCUT2D eigenvalue weighted by atomic mass is 35.5. The molecule has 26 heavy (non-hydrogen) atoms. The van der Waals surface area contributed by atoms with Crippen LogP contribution in [0.25, 0.3) is 0 Å². The van der Waals surface area contributed by atoms with Crippen molar-refractivity contribution in [3.8, 4) is 0 Å². The zero-order valence-electron chi connectivity index (χ0n) is 15.7. The highest BCUT2D eigenvalue weighted by Gasteiger charge is 2.23. The normalized spacial score (nSPS) is 16.9. The fourth-order valence-corrected chi connectivity index (χ4v) is 3.86. The maximum absolute atomic E-state index is 5.93. The minimum atomic E-state index is -0.0916. The van der Waals surface area contributed by atoms with Crippen LogP contribution in [0.2, 0.25) is 5.02 Å². The van der Waals surface area contributed by atoms with Crippen molar-refractivity contribution in [1.29, 1.82) is 0 Å². The van der Waals surface area contributed by atoms with Crippen LogP contribution >= 0.6 is 23.4 Å². The first-order valence-corrected chi connectivity index (χ1v) is 10.4. The molecule has 0 aliphatic carbocycles. The molecule has 1 aromatic carbocycles. The Labute approximate surface area is 165 Å². The molecule has 0 unspecified atom stereocenters. The van der Waals surface area contributed by atoms with Crippen molar-refractivity contribution in [3.63, 3.8) is 0 Å². The molecular formula is C19H27ClN4OS. The van der Waals surface area contributed by atoms with E-state index in [0.717, 1.165) is 55.9 Å². The summed E-state index contributed by atoms with van der Waals surface area (Å²) in [4.78, 5) is 10.7. The monoisotopic (exact) mass is 394 g/mol. The van der Waals surface area contributed by atoms with Gasteiger partial charge in [0.25, 0.3) is 0 Å². The lowest BCUT2D eigenvalue weighted by Crippen LogP contribution is -2.46. The molecule has 2 aromatic rings. The number of hydrogen-bond donors (Lipinski definition) is 0. The van der Waals surface area contributed by atoms with Gasteiger partial charge in [0.15, 0.2) is 5.82 Å². The van der Waals surface area contributed by atoms with Crippen LogP contribution in [0.5, 0.6) is 0 Å². The molecule has 1 aliphatic heterocycles. The average molecular weight is 395 g/mol. The molecule has 142 valence electrons. The van der Waals surface area contributed by atoms with E-state index in [1.54, 1.807) is 0 Å². The number of nitrogens with zero attached hydrogens (tertiary/aromatic N) is 4. The van der Waals surface area contributed by atoms with Crippen LogP contribution < -0.4 is 0 Å². The third kappa shape index (κ3) is 5.71. The van der Waals surface area contributed by atoms with E-state index in [-0.39, 0.29) is 5.41 Å². The van der Waals surface area contributed by atoms with Gasteiger partial charge < -0.3 is 4.52 Å². The lowest BCUT2D eigenvalue weighted by atomic mass is 9.97. The quantitative estimate of drug-likeness (QED) is 0.691. The third-order valence-electron chi connectivity index (χ3n) is 4.43. The summed E-state index contributed by atoms with van der Waals surface area (Å²) in [6, 6.07) is 8.07. The van der Waals surface area contributed by atoms with Crippen molar-refractivity contribution >= 4 is 23.4 Å². The second kappa shape index (κ2) is 8.74. The van der Waals surface area contributed by atoms with Gasteiger partial charge in [-0.1, -0.05) is 37.5 Å². The molecule has 1 fully saturated rings. The minimum Gasteiger partial charge on any atom is -0.339 e. The predicted molar refractivity (Wildman–Crippen MR) is 107 cm³/mol. The van der Waals surface area contributed by atoms with Crippen molar-refractivity contribution in [1.82, 2.24) is 19.9 Å².